The lowest BCUT2D eigenvalue weighted by Gasteiger charge is -2.08. The molecule has 0 rings (SSSR count). The van der Waals surface area contributed by atoms with Gasteiger partial charge in [0.15, 0.2) is 0 Å². The van der Waals surface area contributed by atoms with Gasteiger partial charge in [-0.15, -0.1) is 0 Å². The Morgan fingerprint density at radius 3 is 2.12 bits per heavy atom. The maximum Gasteiger partial charge on any atom is 0.305 e. The summed E-state index contributed by atoms with van der Waals surface area (Å²) < 4.78 is 4.84. The number of rotatable bonds is 17. The molecule has 2 atom stereocenters. The summed E-state index contributed by atoms with van der Waals surface area (Å²) in [6.07, 6.45) is 17.3. The maximum absolute atomic E-state index is 11.4. The summed E-state index contributed by atoms with van der Waals surface area (Å²) in [6.45, 7) is 1.65. The first kappa shape index (κ1) is 24.8. The first-order valence-electron chi connectivity index (χ1n) is 10.1. The Labute approximate surface area is 158 Å². The van der Waals surface area contributed by atoms with Gasteiger partial charge in [-0.25, -0.2) is 0 Å². The molecule has 0 fully saturated rings. The Balaban J connectivity index is 3.45. The molecule has 5 heteroatoms. The Morgan fingerprint density at radius 2 is 1.50 bits per heavy atom. The van der Waals surface area contributed by atoms with Crippen molar-refractivity contribution in [2.45, 2.75) is 89.8 Å². The van der Waals surface area contributed by atoms with Crippen molar-refractivity contribution in [2.24, 2.45) is 0 Å². The monoisotopic (exact) mass is 370 g/mol. The van der Waals surface area contributed by atoms with Crippen LogP contribution in [-0.2, 0) is 9.53 Å². The maximum atomic E-state index is 11.4. The highest BCUT2D eigenvalue weighted by Gasteiger charge is 2.07. The van der Waals surface area contributed by atoms with Gasteiger partial charge in [-0.3, -0.25) is 4.79 Å². The fourth-order valence-electron chi connectivity index (χ4n) is 2.42. The van der Waals surface area contributed by atoms with E-state index in [1.807, 2.05) is 18.2 Å². The average molecular weight is 371 g/mol. The van der Waals surface area contributed by atoms with Crippen LogP contribution in [0.1, 0.15) is 77.6 Å². The highest BCUT2D eigenvalue weighted by molar-refractivity contribution is 5.69. The predicted molar refractivity (Wildman–Crippen MR) is 105 cm³/mol. The SMILES string of the molecule is CCCCC/C=C\[C@H](O)/C=C\CCCCCCCC(=O)OC[C@H](O)CO. The number of allylic oxidation sites excluding steroid dienone is 2. The number of hydrogen-bond acceptors (Lipinski definition) is 5. The number of hydrogen-bond donors (Lipinski definition) is 3. The minimum atomic E-state index is -0.984. The molecule has 0 aromatic carbocycles. The summed E-state index contributed by atoms with van der Waals surface area (Å²) in [7, 11) is 0. The Morgan fingerprint density at radius 1 is 0.923 bits per heavy atom. The third-order valence-corrected chi connectivity index (χ3v) is 4.04. The van der Waals surface area contributed by atoms with E-state index in [1.54, 1.807) is 0 Å². The molecule has 0 spiro atoms. The summed E-state index contributed by atoms with van der Waals surface area (Å²) in [4.78, 5) is 11.4. The second-order valence-corrected chi connectivity index (χ2v) is 6.67. The lowest BCUT2D eigenvalue weighted by atomic mass is 10.1. The second-order valence-electron chi connectivity index (χ2n) is 6.67. The van der Waals surface area contributed by atoms with E-state index < -0.39 is 18.8 Å². The molecular formula is C21H38O5. The largest absolute Gasteiger partial charge is 0.463 e. The molecule has 26 heavy (non-hydrogen) atoms. The van der Waals surface area contributed by atoms with Crippen LogP contribution in [0.4, 0.5) is 0 Å². The normalized spacial score (nSPS) is 14.2. The van der Waals surface area contributed by atoms with E-state index in [0.717, 1.165) is 44.9 Å². The van der Waals surface area contributed by atoms with Crippen LogP contribution in [0.25, 0.3) is 0 Å². The summed E-state index contributed by atoms with van der Waals surface area (Å²) in [5.41, 5.74) is 0. The van der Waals surface area contributed by atoms with Gasteiger partial charge < -0.3 is 20.1 Å². The predicted octanol–water partition coefficient (Wildman–Crippen LogP) is 3.67. The second kappa shape index (κ2) is 18.6. The van der Waals surface area contributed by atoms with Crippen molar-refractivity contribution in [3.63, 3.8) is 0 Å². The van der Waals surface area contributed by atoms with Gasteiger partial charge in [0.2, 0.25) is 0 Å². The zero-order valence-electron chi connectivity index (χ0n) is 16.3. The van der Waals surface area contributed by atoms with Crippen LogP contribution in [0.2, 0.25) is 0 Å². The van der Waals surface area contributed by atoms with E-state index in [4.69, 9.17) is 14.9 Å². The molecule has 0 aliphatic carbocycles. The first-order chi connectivity index (χ1) is 12.6. The molecule has 0 aliphatic heterocycles. The molecule has 0 aromatic rings. The smallest absolute Gasteiger partial charge is 0.305 e. The third kappa shape index (κ3) is 17.6. The van der Waals surface area contributed by atoms with Crippen LogP contribution in [0.15, 0.2) is 24.3 Å². The molecule has 0 aromatic heterocycles. The molecule has 0 saturated carbocycles. The number of unbranched alkanes of at least 4 members (excludes halogenated alkanes) is 8. The quantitative estimate of drug-likeness (QED) is 0.207. The molecule has 3 N–H and O–H groups in total. The molecule has 0 saturated heterocycles. The van der Waals surface area contributed by atoms with Crippen molar-refractivity contribution in [1.82, 2.24) is 0 Å². The molecule has 0 heterocycles. The van der Waals surface area contributed by atoms with Crippen LogP contribution >= 0.6 is 0 Å². The van der Waals surface area contributed by atoms with Gasteiger partial charge in [-0.05, 0) is 32.1 Å². The van der Waals surface area contributed by atoms with Gasteiger partial charge in [0.1, 0.15) is 12.7 Å². The Kier molecular flexibility index (Phi) is 17.8. The molecular weight excluding hydrogens is 332 g/mol. The molecule has 0 radical (unpaired) electrons. The van der Waals surface area contributed by atoms with E-state index in [1.165, 1.54) is 19.3 Å². The molecule has 152 valence electrons. The lowest BCUT2D eigenvalue weighted by Crippen LogP contribution is -2.21. The van der Waals surface area contributed by atoms with Crippen LogP contribution in [-0.4, -0.2) is 46.7 Å². The fourth-order valence-corrected chi connectivity index (χ4v) is 2.42. The van der Waals surface area contributed by atoms with Crippen LogP contribution in [0, 0.1) is 0 Å². The van der Waals surface area contributed by atoms with Crippen molar-refractivity contribution < 1.29 is 24.9 Å². The van der Waals surface area contributed by atoms with Crippen LogP contribution < -0.4 is 0 Å². The zero-order chi connectivity index (χ0) is 19.5. The molecule has 5 nitrogen and oxygen atoms in total. The van der Waals surface area contributed by atoms with Crippen molar-refractivity contribution in [3.05, 3.63) is 24.3 Å². The summed E-state index contributed by atoms with van der Waals surface area (Å²) in [5, 5.41) is 27.5. The number of aliphatic hydroxyl groups excluding tert-OH is 3. The van der Waals surface area contributed by atoms with Gasteiger partial charge in [0.05, 0.1) is 12.7 Å². The molecule has 0 unspecified atom stereocenters. The first-order valence-corrected chi connectivity index (χ1v) is 10.1. The van der Waals surface area contributed by atoms with Gasteiger partial charge in [0.25, 0.3) is 0 Å². The van der Waals surface area contributed by atoms with Gasteiger partial charge in [0, 0.05) is 6.42 Å². The minimum Gasteiger partial charge on any atom is -0.463 e. The standard InChI is InChI=1S/C21H38O5/c1-2-3-4-8-11-14-19(23)15-12-9-6-5-7-10-13-16-21(25)26-18-20(24)17-22/h11-12,14-15,19-20,22-24H,2-10,13,16-18H2,1H3/b14-11-,15-12-/t19-,20+/m0/s1. The van der Waals surface area contributed by atoms with E-state index >= 15 is 0 Å². The molecule has 0 aliphatic rings. The number of aliphatic hydroxyl groups is 3. The topological polar surface area (TPSA) is 87.0 Å². The van der Waals surface area contributed by atoms with E-state index in [2.05, 4.69) is 13.0 Å². The van der Waals surface area contributed by atoms with Gasteiger partial charge in [-0.2, -0.15) is 0 Å². The summed E-state index contributed by atoms with van der Waals surface area (Å²) >= 11 is 0. The average Bonchev–Trinajstić information content (AvgIpc) is 2.64. The van der Waals surface area contributed by atoms with Gasteiger partial charge >= 0.3 is 5.97 Å². The van der Waals surface area contributed by atoms with Crippen LogP contribution in [0.5, 0.6) is 0 Å². The number of carbonyl (C=O) groups excluding carboxylic acids is 1. The number of esters is 1. The van der Waals surface area contributed by atoms with E-state index in [9.17, 15) is 9.90 Å². The minimum absolute atomic E-state index is 0.137. The van der Waals surface area contributed by atoms with Crippen molar-refractivity contribution in [2.75, 3.05) is 13.2 Å². The molecule has 0 bridgehead atoms. The highest BCUT2D eigenvalue weighted by atomic mass is 16.5. The third-order valence-electron chi connectivity index (χ3n) is 4.04. The van der Waals surface area contributed by atoms with E-state index in [-0.39, 0.29) is 12.6 Å². The highest BCUT2D eigenvalue weighted by Crippen LogP contribution is 2.09. The van der Waals surface area contributed by atoms with E-state index in [0.29, 0.717) is 6.42 Å². The number of carbonyl (C=O) groups is 1. The summed E-state index contributed by atoms with van der Waals surface area (Å²) in [6, 6.07) is 0. The van der Waals surface area contributed by atoms with Crippen molar-refractivity contribution in [1.29, 1.82) is 0 Å². The fraction of sp³-hybridized carbons (Fsp3) is 0.762. The Hall–Kier alpha value is -1.17. The lowest BCUT2D eigenvalue weighted by molar-refractivity contribution is -0.147. The molecule has 0 amide bonds. The van der Waals surface area contributed by atoms with Crippen molar-refractivity contribution in [3.8, 4) is 0 Å². The van der Waals surface area contributed by atoms with Gasteiger partial charge in [-0.1, -0.05) is 63.3 Å². The Bertz CT molecular complexity index is 379. The summed E-state index contributed by atoms with van der Waals surface area (Å²) in [5.74, 6) is -0.322. The number of ether oxygens (including phenoxy) is 1. The zero-order valence-corrected chi connectivity index (χ0v) is 16.3. The van der Waals surface area contributed by atoms with Crippen molar-refractivity contribution >= 4 is 5.97 Å². The van der Waals surface area contributed by atoms with Crippen LogP contribution in [0.3, 0.4) is 0 Å².